The summed E-state index contributed by atoms with van der Waals surface area (Å²) < 4.78 is 5.20. The standard InChI is InChI=1S/C22H23O2P/c1-3-25(20-10-6-4-7-11-20,21-12-8-5-9-13-21)22-16-14-19(15-17-22)24-18(2)23/h4-17,25H,3H2,1-2H3. The Morgan fingerprint density at radius 1 is 0.760 bits per heavy atom. The van der Waals surface area contributed by atoms with Gasteiger partial charge in [-0.25, -0.2) is 0 Å². The molecule has 25 heavy (non-hydrogen) atoms. The molecule has 2 nitrogen and oxygen atoms in total. The van der Waals surface area contributed by atoms with Gasteiger partial charge in [-0.15, -0.1) is 0 Å². The molecule has 0 heterocycles. The summed E-state index contributed by atoms with van der Waals surface area (Å²) in [6, 6.07) is 29.6. The molecule has 0 unspecified atom stereocenters. The van der Waals surface area contributed by atoms with E-state index in [1.807, 2.05) is 12.1 Å². The van der Waals surface area contributed by atoms with Crippen molar-refractivity contribution in [2.75, 3.05) is 6.16 Å². The molecule has 0 spiro atoms. The Morgan fingerprint density at radius 3 is 1.60 bits per heavy atom. The van der Waals surface area contributed by atoms with Crippen LogP contribution in [0.1, 0.15) is 13.8 Å². The van der Waals surface area contributed by atoms with Crippen LogP contribution in [0.4, 0.5) is 0 Å². The van der Waals surface area contributed by atoms with Crippen LogP contribution < -0.4 is 20.7 Å². The summed E-state index contributed by atoms with van der Waals surface area (Å²) in [6.07, 6.45) is 1.06. The monoisotopic (exact) mass is 350 g/mol. The first kappa shape index (κ1) is 17.4. The van der Waals surface area contributed by atoms with E-state index in [2.05, 4.69) is 79.7 Å². The predicted octanol–water partition coefficient (Wildman–Crippen LogP) is 3.66. The van der Waals surface area contributed by atoms with Gasteiger partial charge in [-0.1, -0.05) is 0 Å². The van der Waals surface area contributed by atoms with Gasteiger partial charge in [0.05, 0.1) is 0 Å². The van der Waals surface area contributed by atoms with Crippen molar-refractivity contribution < 1.29 is 9.53 Å². The first-order chi connectivity index (χ1) is 12.2. The van der Waals surface area contributed by atoms with Crippen molar-refractivity contribution in [1.29, 1.82) is 0 Å². The minimum atomic E-state index is -2.10. The second kappa shape index (κ2) is 7.63. The van der Waals surface area contributed by atoms with Gasteiger partial charge >= 0.3 is 149 Å². The first-order valence-corrected chi connectivity index (χ1v) is 10.8. The molecule has 0 bridgehead atoms. The number of carbonyl (C=O) groups excluding carboxylic acids is 1. The van der Waals surface area contributed by atoms with Crippen LogP contribution in [-0.2, 0) is 4.79 Å². The van der Waals surface area contributed by atoms with Crippen LogP contribution in [0.15, 0.2) is 84.9 Å². The van der Waals surface area contributed by atoms with Gasteiger partial charge in [0.25, 0.3) is 0 Å². The van der Waals surface area contributed by atoms with Gasteiger partial charge in [0, 0.05) is 0 Å². The fourth-order valence-electron chi connectivity index (χ4n) is 3.53. The summed E-state index contributed by atoms with van der Waals surface area (Å²) in [7, 11) is -2.10. The summed E-state index contributed by atoms with van der Waals surface area (Å²) in [5.41, 5.74) is 0. The molecule has 0 amide bonds. The Balaban J connectivity index is 2.16. The molecule has 0 aromatic heterocycles. The third-order valence-electron chi connectivity index (χ3n) is 4.67. The zero-order valence-corrected chi connectivity index (χ0v) is 15.6. The van der Waals surface area contributed by atoms with Crippen LogP contribution in [-0.4, -0.2) is 12.1 Å². The Bertz CT molecular complexity index is 787. The van der Waals surface area contributed by atoms with E-state index in [0.29, 0.717) is 5.75 Å². The second-order valence-electron chi connectivity index (χ2n) is 6.11. The van der Waals surface area contributed by atoms with E-state index in [1.165, 1.54) is 22.8 Å². The molecule has 0 aliphatic heterocycles. The van der Waals surface area contributed by atoms with Crippen molar-refractivity contribution in [3.05, 3.63) is 84.9 Å². The molecule has 0 saturated carbocycles. The molecule has 3 aromatic rings. The van der Waals surface area contributed by atoms with Crippen molar-refractivity contribution in [2.24, 2.45) is 0 Å². The van der Waals surface area contributed by atoms with Crippen LogP contribution in [0.5, 0.6) is 5.75 Å². The van der Waals surface area contributed by atoms with Crippen LogP contribution in [0.3, 0.4) is 0 Å². The van der Waals surface area contributed by atoms with Crippen molar-refractivity contribution in [1.82, 2.24) is 0 Å². The fraction of sp³-hybridized carbons (Fsp3) is 0.136. The molecule has 3 heteroatoms. The maximum atomic E-state index is 11.2. The normalized spacial score (nSPS) is 11.8. The van der Waals surface area contributed by atoms with E-state index in [9.17, 15) is 4.79 Å². The number of hydrogen-bond donors (Lipinski definition) is 0. The zero-order valence-electron chi connectivity index (χ0n) is 14.6. The number of benzene rings is 3. The maximum absolute atomic E-state index is 11.2. The van der Waals surface area contributed by atoms with E-state index >= 15 is 0 Å². The third-order valence-corrected chi connectivity index (χ3v) is 9.69. The Kier molecular flexibility index (Phi) is 5.31. The number of ether oxygens (including phenoxy) is 1. The zero-order chi connectivity index (χ0) is 17.7. The fourth-order valence-corrected chi connectivity index (χ4v) is 8.01. The van der Waals surface area contributed by atoms with Crippen LogP contribution in [0, 0.1) is 0 Å². The second-order valence-corrected chi connectivity index (χ2v) is 10.4. The van der Waals surface area contributed by atoms with Crippen molar-refractivity contribution in [3.63, 3.8) is 0 Å². The molecular weight excluding hydrogens is 327 g/mol. The molecular formula is C22H23O2P. The van der Waals surface area contributed by atoms with E-state index in [0.717, 1.165) is 6.16 Å². The minimum absolute atomic E-state index is 0.294. The third kappa shape index (κ3) is 3.50. The number of hydrogen-bond acceptors (Lipinski definition) is 2. The van der Waals surface area contributed by atoms with Crippen LogP contribution in [0.2, 0.25) is 0 Å². The molecule has 0 atom stereocenters. The van der Waals surface area contributed by atoms with Gasteiger partial charge in [0.15, 0.2) is 0 Å². The van der Waals surface area contributed by atoms with Crippen molar-refractivity contribution in [2.45, 2.75) is 13.8 Å². The molecule has 0 aliphatic rings. The summed E-state index contributed by atoms with van der Waals surface area (Å²) in [5.74, 6) is 0.300. The van der Waals surface area contributed by atoms with Crippen LogP contribution >= 0.6 is 7.26 Å². The van der Waals surface area contributed by atoms with Crippen molar-refractivity contribution >= 4 is 29.1 Å². The molecule has 0 N–H and O–H groups in total. The summed E-state index contributed by atoms with van der Waals surface area (Å²) in [5, 5.41) is 4.11. The van der Waals surface area contributed by atoms with Gasteiger partial charge in [0.2, 0.25) is 0 Å². The van der Waals surface area contributed by atoms with E-state index in [-0.39, 0.29) is 5.97 Å². The van der Waals surface area contributed by atoms with E-state index in [4.69, 9.17) is 4.74 Å². The SMILES string of the molecule is CC[PH](c1ccccc1)(c1ccccc1)c1ccc(OC(C)=O)cc1. The van der Waals surface area contributed by atoms with Crippen LogP contribution in [0.25, 0.3) is 0 Å². The Labute approximate surface area is 149 Å². The Morgan fingerprint density at radius 2 is 1.20 bits per heavy atom. The van der Waals surface area contributed by atoms with E-state index in [1.54, 1.807) is 0 Å². The molecule has 0 fully saturated rings. The average Bonchev–Trinajstić information content (AvgIpc) is 2.65. The van der Waals surface area contributed by atoms with Gasteiger partial charge in [-0.05, 0) is 0 Å². The average molecular weight is 350 g/mol. The first-order valence-electron chi connectivity index (χ1n) is 8.57. The number of esters is 1. The molecule has 128 valence electrons. The summed E-state index contributed by atoms with van der Waals surface area (Å²) in [4.78, 5) is 11.2. The molecule has 0 radical (unpaired) electrons. The van der Waals surface area contributed by atoms with E-state index < -0.39 is 7.26 Å². The topological polar surface area (TPSA) is 26.3 Å². The van der Waals surface area contributed by atoms with Crippen molar-refractivity contribution in [3.8, 4) is 5.75 Å². The molecule has 3 rings (SSSR count). The van der Waals surface area contributed by atoms with Gasteiger partial charge in [-0.3, -0.25) is 0 Å². The van der Waals surface area contributed by atoms with Gasteiger partial charge < -0.3 is 0 Å². The quantitative estimate of drug-likeness (QED) is 0.399. The van der Waals surface area contributed by atoms with Gasteiger partial charge in [-0.2, -0.15) is 0 Å². The Hall–Kier alpha value is -2.44. The number of carbonyl (C=O) groups is 1. The summed E-state index contributed by atoms with van der Waals surface area (Å²) in [6.45, 7) is 3.69. The number of rotatable bonds is 5. The molecule has 0 saturated heterocycles. The van der Waals surface area contributed by atoms with Gasteiger partial charge in [0.1, 0.15) is 0 Å². The predicted molar refractivity (Wildman–Crippen MR) is 108 cm³/mol. The molecule has 0 aliphatic carbocycles. The molecule has 3 aromatic carbocycles. The summed E-state index contributed by atoms with van der Waals surface area (Å²) >= 11 is 0.